The number of nitrogens with zero attached hydrogens (tertiary/aromatic N) is 3. The Morgan fingerprint density at radius 3 is 2.69 bits per heavy atom. The molecule has 0 saturated heterocycles. The maximum Gasteiger partial charge on any atom is 0.347 e. The molecule has 0 unspecified atom stereocenters. The fourth-order valence-corrected chi connectivity index (χ4v) is 4.57. The number of unbranched alkanes of at least 4 members (excludes halogenated alkanes) is 1. The summed E-state index contributed by atoms with van der Waals surface area (Å²) >= 11 is 5.55. The Kier molecular flexibility index (Phi) is 10.3. The zero-order chi connectivity index (χ0) is 26.2. The minimum atomic E-state index is -0.792. The van der Waals surface area contributed by atoms with Crippen LogP contribution in [0.3, 0.4) is 0 Å². The molecular formula is C26H29BrIN3O5. The number of hydrogen-bond acceptors (Lipinski definition) is 7. The molecule has 1 aromatic heterocycles. The van der Waals surface area contributed by atoms with Crippen LogP contribution in [0, 0.1) is 3.57 Å². The zero-order valence-corrected chi connectivity index (χ0v) is 24.5. The number of carbonyl (C=O) groups is 1. The number of aryl methyl sites for hydroxylation is 1. The van der Waals surface area contributed by atoms with Crippen molar-refractivity contribution in [1.82, 2.24) is 9.66 Å². The van der Waals surface area contributed by atoms with Crippen molar-refractivity contribution >= 4 is 61.6 Å². The molecular weight excluding hydrogens is 641 g/mol. The minimum absolute atomic E-state index is 0.230. The highest BCUT2D eigenvalue weighted by Crippen LogP contribution is 2.35. The first-order valence-electron chi connectivity index (χ1n) is 11.8. The van der Waals surface area contributed by atoms with Crippen molar-refractivity contribution in [3.63, 3.8) is 0 Å². The average molecular weight is 670 g/mol. The van der Waals surface area contributed by atoms with Crippen molar-refractivity contribution in [3.8, 4) is 11.5 Å². The molecule has 0 spiro atoms. The number of aromatic nitrogens is 2. The van der Waals surface area contributed by atoms with Crippen LogP contribution < -0.4 is 15.0 Å². The van der Waals surface area contributed by atoms with Crippen LogP contribution in [0.2, 0.25) is 0 Å². The van der Waals surface area contributed by atoms with Gasteiger partial charge in [0.25, 0.3) is 5.56 Å². The van der Waals surface area contributed by atoms with E-state index in [0.29, 0.717) is 46.8 Å². The Morgan fingerprint density at radius 1 is 1.22 bits per heavy atom. The summed E-state index contributed by atoms with van der Waals surface area (Å²) in [5, 5.41) is 5.01. The molecule has 2 aromatic carbocycles. The van der Waals surface area contributed by atoms with E-state index in [2.05, 4.69) is 50.5 Å². The molecule has 0 saturated carbocycles. The van der Waals surface area contributed by atoms with Crippen LogP contribution >= 0.6 is 38.5 Å². The quantitative estimate of drug-likeness (QED) is 0.147. The summed E-state index contributed by atoms with van der Waals surface area (Å²) in [6.45, 7) is 8.02. The lowest BCUT2D eigenvalue weighted by Gasteiger charge is -2.18. The minimum Gasteiger partial charge on any atom is -0.490 e. The lowest BCUT2D eigenvalue weighted by Crippen LogP contribution is -2.26. The Labute approximate surface area is 232 Å². The number of halogens is 2. The van der Waals surface area contributed by atoms with Crippen molar-refractivity contribution < 1.29 is 19.0 Å². The second-order valence-electron chi connectivity index (χ2n) is 7.93. The predicted molar refractivity (Wildman–Crippen MR) is 152 cm³/mol. The number of esters is 1. The molecule has 0 fully saturated rings. The molecule has 0 radical (unpaired) electrons. The van der Waals surface area contributed by atoms with Gasteiger partial charge in [-0.1, -0.05) is 29.3 Å². The van der Waals surface area contributed by atoms with Crippen LogP contribution in [-0.4, -0.2) is 41.2 Å². The molecule has 3 aromatic rings. The predicted octanol–water partition coefficient (Wildman–Crippen LogP) is 5.72. The van der Waals surface area contributed by atoms with Crippen LogP contribution in [0.5, 0.6) is 11.5 Å². The van der Waals surface area contributed by atoms with Gasteiger partial charge in [-0.3, -0.25) is 4.79 Å². The summed E-state index contributed by atoms with van der Waals surface area (Å²) < 4.78 is 19.6. The monoisotopic (exact) mass is 669 g/mol. The summed E-state index contributed by atoms with van der Waals surface area (Å²) in [5.74, 6) is 1.08. The Hall–Kier alpha value is -2.47. The largest absolute Gasteiger partial charge is 0.490 e. The van der Waals surface area contributed by atoms with E-state index in [4.69, 9.17) is 19.2 Å². The van der Waals surface area contributed by atoms with E-state index in [1.54, 1.807) is 32.2 Å². The van der Waals surface area contributed by atoms with E-state index in [-0.39, 0.29) is 12.2 Å². The van der Waals surface area contributed by atoms with Gasteiger partial charge in [-0.2, -0.15) is 9.78 Å². The number of ether oxygens (including phenoxy) is 3. The van der Waals surface area contributed by atoms with E-state index in [1.807, 2.05) is 25.1 Å². The van der Waals surface area contributed by atoms with Gasteiger partial charge >= 0.3 is 5.97 Å². The van der Waals surface area contributed by atoms with Crippen molar-refractivity contribution in [2.24, 2.45) is 5.10 Å². The Bertz CT molecular complexity index is 1330. The third-order valence-electron chi connectivity index (χ3n) is 5.20. The zero-order valence-electron chi connectivity index (χ0n) is 20.7. The molecule has 0 aliphatic rings. The summed E-state index contributed by atoms with van der Waals surface area (Å²) in [5.41, 5.74) is 1.12. The van der Waals surface area contributed by atoms with Gasteiger partial charge in [0.1, 0.15) is 5.82 Å². The van der Waals surface area contributed by atoms with Gasteiger partial charge in [0.15, 0.2) is 17.6 Å². The fraction of sp³-hybridized carbons (Fsp3) is 0.385. The number of hydrogen-bond donors (Lipinski definition) is 0. The first-order valence-corrected chi connectivity index (χ1v) is 13.7. The van der Waals surface area contributed by atoms with Gasteiger partial charge < -0.3 is 14.2 Å². The van der Waals surface area contributed by atoms with E-state index < -0.39 is 12.1 Å². The van der Waals surface area contributed by atoms with Gasteiger partial charge in [0.2, 0.25) is 0 Å². The van der Waals surface area contributed by atoms with Crippen LogP contribution in [0.1, 0.15) is 51.9 Å². The molecule has 1 heterocycles. The molecule has 0 N–H and O–H groups in total. The van der Waals surface area contributed by atoms with E-state index in [0.717, 1.165) is 20.9 Å². The van der Waals surface area contributed by atoms with E-state index >= 15 is 0 Å². The van der Waals surface area contributed by atoms with E-state index in [9.17, 15) is 9.59 Å². The lowest BCUT2D eigenvalue weighted by atomic mass is 10.2. The van der Waals surface area contributed by atoms with Gasteiger partial charge in [-0.25, -0.2) is 9.78 Å². The summed E-state index contributed by atoms with van der Waals surface area (Å²) in [7, 11) is 0. The summed E-state index contributed by atoms with van der Waals surface area (Å²) in [6.07, 6.45) is 3.31. The maximum atomic E-state index is 13.3. The Morgan fingerprint density at radius 2 is 2.00 bits per heavy atom. The van der Waals surface area contributed by atoms with Crippen LogP contribution in [0.4, 0.5) is 0 Å². The molecule has 0 aliphatic heterocycles. The van der Waals surface area contributed by atoms with Crippen molar-refractivity contribution in [2.45, 2.75) is 53.1 Å². The van der Waals surface area contributed by atoms with Gasteiger partial charge in [-0.05, 0) is 85.7 Å². The maximum absolute atomic E-state index is 13.3. The number of benzene rings is 2. The molecule has 192 valence electrons. The number of fused-ring (bicyclic) bond motifs is 1. The van der Waals surface area contributed by atoms with Crippen LogP contribution in [0.25, 0.3) is 10.9 Å². The smallest absolute Gasteiger partial charge is 0.347 e. The molecule has 8 nitrogen and oxygen atoms in total. The first kappa shape index (κ1) is 28.1. The van der Waals surface area contributed by atoms with Gasteiger partial charge in [0.05, 0.1) is 33.9 Å². The van der Waals surface area contributed by atoms with Crippen molar-refractivity contribution in [3.05, 3.63) is 60.1 Å². The topological polar surface area (TPSA) is 92.0 Å². The highest BCUT2D eigenvalue weighted by Gasteiger charge is 2.21. The summed E-state index contributed by atoms with van der Waals surface area (Å²) in [6, 6.07) is 9.08. The van der Waals surface area contributed by atoms with Crippen LogP contribution in [0.15, 0.2) is 44.7 Å². The summed E-state index contributed by atoms with van der Waals surface area (Å²) in [4.78, 5) is 30.1. The molecule has 0 aliphatic carbocycles. The fourth-order valence-electron chi connectivity index (χ4n) is 3.46. The third kappa shape index (κ3) is 6.84. The normalized spacial score (nSPS) is 12.2. The highest BCUT2D eigenvalue weighted by molar-refractivity contribution is 14.1. The Balaban J connectivity index is 2.02. The van der Waals surface area contributed by atoms with Crippen molar-refractivity contribution in [2.75, 3.05) is 13.2 Å². The first-order chi connectivity index (χ1) is 17.3. The van der Waals surface area contributed by atoms with Crippen molar-refractivity contribution in [1.29, 1.82) is 0 Å². The number of rotatable bonds is 11. The molecule has 1 atom stereocenters. The molecule has 10 heteroatoms. The van der Waals surface area contributed by atoms with Gasteiger partial charge in [0, 0.05) is 10.9 Å². The second kappa shape index (κ2) is 13.2. The lowest BCUT2D eigenvalue weighted by molar-refractivity contribution is -0.150. The molecule has 36 heavy (non-hydrogen) atoms. The standard InChI is InChI=1S/C26H29BrIN3O5/c1-5-8-9-23-30-21-11-10-18(27)14-19(21)25(32)31(23)29-15-17-12-20(28)24(22(13-17)34-6-2)36-16(4)26(33)35-7-3/h10-16H,5-9H2,1-4H3/t16-/m1/s1. The molecule has 3 rings (SSSR count). The average Bonchev–Trinajstić information content (AvgIpc) is 2.85. The highest BCUT2D eigenvalue weighted by atomic mass is 127. The van der Waals surface area contributed by atoms with Crippen LogP contribution in [-0.2, 0) is 16.0 Å². The number of carbonyl (C=O) groups excluding carboxylic acids is 1. The molecule has 0 amide bonds. The van der Waals surface area contributed by atoms with E-state index in [1.165, 1.54) is 4.68 Å². The SMILES string of the molecule is CCCCc1nc2ccc(Br)cc2c(=O)n1N=Cc1cc(I)c(O[C@H](C)C(=O)OCC)c(OCC)c1. The van der Waals surface area contributed by atoms with Gasteiger partial charge in [-0.15, -0.1) is 0 Å². The third-order valence-corrected chi connectivity index (χ3v) is 6.49. The second-order valence-corrected chi connectivity index (χ2v) is 10.0. The molecule has 0 bridgehead atoms.